The number of carboxylic acid groups (broad SMARTS) is 1. The number of carbonyl (C=O) groups is 2. The van der Waals surface area contributed by atoms with E-state index in [1.807, 2.05) is 6.92 Å². The molecule has 3 rings (SSSR count). The van der Waals surface area contributed by atoms with E-state index in [0.717, 1.165) is 10.3 Å². The highest BCUT2D eigenvalue weighted by Gasteiger charge is 2.25. The lowest BCUT2D eigenvalue weighted by atomic mass is 10.1. The maximum absolute atomic E-state index is 12.3. The summed E-state index contributed by atoms with van der Waals surface area (Å²) < 4.78 is 0.782. The summed E-state index contributed by atoms with van der Waals surface area (Å²) in [6.07, 6.45) is 0.400. The molecule has 0 atom stereocenters. The zero-order valence-electron chi connectivity index (χ0n) is 11.8. The van der Waals surface area contributed by atoms with Crippen LogP contribution < -0.4 is 5.32 Å². The van der Waals surface area contributed by atoms with Gasteiger partial charge in [-0.1, -0.05) is 34.5 Å². The Hall–Kier alpha value is -1.89. The van der Waals surface area contributed by atoms with E-state index in [9.17, 15) is 9.59 Å². The number of thiazole rings is 1. The highest BCUT2D eigenvalue weighted by molar-refractivity contribution is 7.22. The number of amides is 1. The third kappa shape index (κ3) is 2.97. The zero-order chi connectivity index (χ0) is 16.7. The predicted octanol–water partition coefficient (Wildman–Crippen LogP) is 4.34. The summed E-state index contributed by atoms with van der Waals surface area (Å²) >= 11 is 13.3. The van der Waals surface area contributed by atoms with Crippen LogP contribution >= 0.6 is 34.5 Å². The van der Waals surface area contributed by atoms with Crippen LogP contribution in [-0.4, -0.2) is 22.0 Å². The van der Waals surface area contributed by atoms with Gasteiger partial charge in [0.25, 0.3) is 5.91 Å². The monoisotopic (exact) mass is 368 g/mol. The van der Waals surface area contributed by atoms with Gasteiger partial charge in [0.05, 0.1) is 25.8 Å². The number of fused-ring (bicyclic) bond motifs is 1. The van der Waals surface area contributed by atoms with E-state index in [2.05, 4.69) is 10.3 Å². The van der Waals surface area contributed by atoms with Crippen LogP contribution in [0.2, 0.25) is 0 Å². The fraction of sp³-hybridized carbons (Fsp3) is 0.133. The Balaban J connectivity index is 1.85. The lowest BCUT2D eigenvalue weighted by Gasteiger charge is -2.03. The summed E-state index contributed by atoms with van der Waals surface area (Å²) in [6.45, 7) is 1.82. The minimum Gasteiger partial charge on any atom is -0.478 e. The molecular weight excluding hydrogens is 359 g/mol. The quantitative estimate of drug-likeness (QED) is 0.844. The largest absolute Gasteiger partial charge is 0.478 e. The predicted molar refractivity (Wildman–Crippen MR) is 91.3 cm³/mol. The molecule has 1 aliphatic rings. The second-order valence-corrected chi connectivity index (χ2v) is 6.81. The lowest BCUT2D eigenvalue weighted by Crippen LogP contribution is -2.14. The number of anilines is 1. The van der Waals surface area contributed by atoms with Crippen LogP contribution in [0.5, 0.6) is 0 Å². The van der Waals surface area contributed by atoms with Gasteiger partial charge in [-0.2, -0.15) is 0 Å². The van der Waals surface area contributed by atoms with E-state index in [1.54, 1.807) is 6.07 Å². The first-order valence-electron chi connectivity index (χ1n) is 6.56. The number of halogens is 2. The maximum Gasteiger partial charge on any atom is 0.335 e. The molecule has 0 saturated carbocycles. The van der Waals surface area contributed by atoms with Gasteiger partial charge in [-0.25, -0.2) is 9.78 Å². The molecule has 0 aliphatic heterocycles. The summed E-state index contributed by atoms with van der Waals surface area (Å²) in [6, 6.07) is 4.63. The number of rotatable bonds is 3. The van der Waals surface area contributed by atoms with Crippen LogP contribution in [0.25, 0.3) is 10.2 Å². The van der Waals surface area contributed by atoms with Crippen LogP contribution in [0.3, 0.4) is 0 Å². The smallest absolute Gasteiger partial charge is 0.335 e. The Morgan fingerprint density at radius 3 is 2.65 bits per heavy atom. The number of hydrogen-bond acceptors (Lipinski definition) is 4. The second kappa shape index (κ2) is 5.96. The molecule has 0 radical (unpaired) electrons. The molecule has 0 spiro atoms. The van der Waals surface area contributed by atoms with Crippen molar-refractivity contribution in [3.8, 4) is 0 Å². The second-order valence-electron chi connectivity index (χ2n) is 5.02. The van der Waals surface area contributed by atoms with E-state index in [4.69, 9.17) is 28.3 Å². The number of aromatic carboxylic acids is 1. The summed E-state index contributed by atoms with van der Waals surface area (Å²) in [5.74, 6) is -1.38. The molecule has 2 aromatic rings. The molecule has 1 aliphatic carbocycles. The van der Waals surface area contributed by atoms with Crippen molar-refractivity contribution < 1.29 is 14.7 Å². The highest BCUT2D eigenvalue weighted by atomic mass is 35.5. The first-order chi connectivity index (χ1) is 10.9. The number of carbonyl (C=O) groups excluding carboxylic acids is 1. The maximum atomic E-state index is 12.3. The minimum absolute atomic E-state index is 0.147. The molecule has 0 bridgehead atoms. The van der Waals surface area contributed by atoms with E-state index in [1.165, 1.54) is 23.5 Å². The fourth-order valence-corrected chi connectivity index (χ4v) is 3.54. The number of aromatic nitrogens is 1. The summed E-state index contributed by atoms with van der Waals surface area (Å²) in [4.78, 5) is 27.5. The van der Waals surface area contributed by atoms with Gasteiger partial charge in [-0.15, -0.1) is 0 Å². The normalized spacial score (nSPS) is 14.7. The topological polar surface area (TPSA) is 79.3 Å². The van der Waals surface area contributed by atoms with Crippen LogP contribution in [0.1, 0.15) is 23.7 Å². The van der Waals surface area contributed by atoms with Crippen molar-refractivity contribution >= 4 is 61.8 Å². The molecule has 1 aromatic carbocycles. The van der Waals surface area contributed by atoms with Crippen molar-refractivity contribution in [2.24, 2.45) is 0 Å². The Labute approximate surface area is 145 Å². The van der Waals surface area contributed by atoms with Gasteiger partial charge in [0.2, 0.25) is 0 Å². The SMILES string of the molecule is CC1=C(Cl)C(Cl)=C(C(=O)Nc2nc3cc(C(=O)O)ccc3s2)C1. The van der Waals surface area contributed by atoms with E-state index in [0.29, 0.717) is 27.7 Å². The van der Waals surface area contributed by atoms with Crippen molar-refractivity contribution in [2.45, 2.75) is 13.3 Å². The molecule has 0 unspecified atom stereocenters. The standard InChI is InChI=1S/C15H10Cl2N2O3S/c1-6-4-8(12(17)11(6)16)13(20)19-15-18-9-5-7(14(21)22)2-3-10(9)23-15/h2-3,5H,4H2,1H3,(H,21,22)(H,18,19,20). The molecule has 5 nitrogen and oxygen atoms in total. The van der Waals surface area contributed by atoms with Crippen LogP contribution in [0.15, 0.2) is 39.4 Å². The van der Waals surface area contributed by atoms with Crippen molar-refractivity contribution in [2.75, 3.05) is 5.32 Å². The first kappa shape index (κ1) is 16.0. The van der Waals surface area contributed by atoms with Gasteiger partial charge >= 0.3 is 5.97 Å². The van der Waals surface area contributed by atoms with Gasteiger partial charge < -0.3 is 5.11 Å². The van der Waals surface area contributed by atoms with Crippen LogP contribution in [0.4, 0.5) is 5.13 Å². The molecule has 1 aromatic heterocycles. The van der Waals surface area contributed by atoms with Gasteiger partial charge in [0.15, 0.2) is 5.13 Å². The summed E-state index contributed by atoms with van der Waals surface area (Å²) in [5.41, 5.74) is 1.91. The lowest BCUT2D eigenvalue weighted by molar-refractivity contribution is -0.112. The first-order valence-corrected chi connectivity index (χ1v) is 8.13. The minimum atomic E-state index is -1.02. The molecule has 0 fully saturated rings. The van der Waals surface area contributed by atoms with Crippen molar-refractivity contribution in [3.05, 3.63) is 45.0 Å². The van der Waals surface area contributed by atoms with E-state index in [-0.39, 0.29) is 16.5 Å². The number of nitrogens with one attached hydrogen (secondary N) is 1. The fourth-order valence-electron chi connectivity index (χ4n) is 2.21. The molecule has 1 heterocycles. The Bertz CT molecular complexity index is 915. The van der Waals surface area contributed by atoms with E-state index >= 15 is 0 Å². The number of hydrogen-bond donors (Lipinski definition) is 2. The van der Waals surface area contributed by atoms with Crippen LogP contribution in [-0.2, 0) is 4.79 Å². The number of benzene rings is 1. The molecule has 23 heavy (non-hydrogen) atoms. The van der Waals surface area contributed by atoms with Gasteiger partial charge in [0.1, 0.15) is 0 Å². The number of carboxylic acids is 1. The number of nitrogens with zero attached hydrogens (tertiary/aromatic N) is 1. The third-order valence-electron chi connectivity index (χ3n) is 3.40. The average Bonchev–Trinajstić information content (AvgIpc) is 3.01. The average molecular weight is 369 g/mol. The third-order valence-corrected chi connectivity index (χ3v) is 5.38. The molecule has 8 heteroatoms. The van der Waals surface area contributed by atoms with Gasteiger partial charge in [-0.05, 0) is 30.7 Å². The van der Waals surface area contributed by atoms with Crippen molar-refractivity contribution in [1.29, 1.82) is 0 Å². The summed E-state index contributed by atoms with van der Waals surface area (Å²) in [5, 5.41) is 12.7. The zero-order valence-corrected chi connectivity index (χ0v) is 14.1. The van der Waals surface area contributed by atoms with Crippen LogP contribution in [0, 0.1) is 0 Å². The summed E-state index contributed by atoms with van der Waals surface area (Å²) in [7, 11) is 0. The molecule has 0 saturated heterocycles. The van der Waals surface area contributed by atoms with Gasteiger partial charge in [-0.3, -0.25) is 10.1 Å². The Morgan fingerprint density at radius 1 is 1.30 bits per heavy atom. The Morgan fingerprint density at radius 2 is 2.04 bits per heavy atom. The van der Waals surface area contributed by atoms with Crippen molar-refractivity contribution in [1.82, 2.24) is 4.98 Å². The molecule has 118 valence electrons. The molecule has 1 amide bonds. The van der Waals surface area contributed by atoms with Crippen molar-refractivity contribution in [3.63, 3.8) is 0 Å². The molecule has 2 N–H and O–H groups in total. The molecular formula is C15H10Cl2N2O3S. The van der Waals surface area contributed by atoms with Gasteiger partial charge in [0, 0.05) is 12.0 Å². The highest BCUT2D eigenvalue weighted by Crippen LogP contribution is 2.37. The van der Waals surface area contributed by atoms with E-state index < -0.39 is 5.97 Å². The number of allylic oxidation sites excluding steroid dienone is 3. The Kier molecular flexibility index (Phi) is 4.14.